The highest BCUT2D eigenvalue weighted by Gasteiger charge is 2.26. The van der Waals surface area contributed by atoms with E-state index in [1.54, 1.807) is 0 Å². The van der Waals surface area contributed by atoms with E-state index in [0.717, 1.165) is 19.3 Å². The third-order valence-electron chi connectivity index (χ3n) is 4.24. The predicted molar refractivity (Wildman–Crippen MR) is 82.2 cm³/mol. The van der Waals surface area contributed by atoms with E-state index in [1.165, 1.54) is 37.9 Å². The zero-order valence-electron chi connectivity index (χ0n) is 12.2. The fraction of sp³-hybridized carbons (Fsp3) is 0.647. The van der Waals surface area contributed by atoms with E-state index in [9.17, 15) is 0 Å². The van der Waals surface area contributed by atoms with Gasteiger partial charge in [-0.3, -0.25) is 4.90 Å². The van der Waals surface area contributed by atoms with Crippen LogP contribution in [0.3, 0.4) is 0 Å². The lowest BCUT2D eigenvalue weighted by atomic mass is 9.92. The number of piperidine rings is 1. The smallest absolute Gasteiger partial charge is 0.0150 e. The minimum Gasteiger partial charge on any atom is -0.328 e. The topological polar surface area (TPSA) is 29.3 Å². The van der Waals surface area contributed by atoms with E-state index in [2.05, 4.69) is 42.2 Å². The highest BCUT2D eigenvalue weighted by atomic mass is 15.2. The minimum absolute atomic E-state index is 0.399. The van der Waals surface area contributed by atoms with E-state index >= 15 is 0 Å². The van der Waals surface area contributed by atoms with Crippen LogP contribution < -0.4 is 5.73 Å². The maximum absolute atomic E-state index is 6.17. The highest BCUT2D eigenvalue weighted by Crippen LogP contribution is 2.21. The molecule has 0 saturated carbocycles. The Balaban J connectivity index is 1.92. The Labute approximate surface area is 118 Å². The van der Waals surface area contributed by atoms with Crippen LogP contribution in [0.5, 0.6) is 0 Å². The van der Waals surface area contributed by atoms with Crippen molar-refractivity contribution in [3.05, 3.63) is 35.9 Å². The molecule has 1 saturated heterocycles. The maximum atomic E-state index is 6.17. The maximum Gasteiger partial charge on any atom is 0.0150 e. The molecule has 0 amide bonds. The van der Waals surface area contributed by atoms with Gasteiger partial charge < -0.3 is 5.73 Å². The predicted octanol–water partition coefficient (Wildman–Crippen LogP) is 3.21. The molecule has 2 nitrogen and oxygen atoms in total. The summed E-state index contributed by atoms with van der Waals surface area (Å²) < 4.78 is 0. The minimum atomic E-state index is 0.399. The van der Waals surface area contributed by atoms with Crippen molar-refractivity contribution in [1.29, 1.82) is 0 Å². The summed E-state index contributed by atoms with van der Waals surface area (Å²) in [5.41, 5.74) is 7.62. The first kappa shape index (κ1) is 14.5. The Morgan fingerprint density at radius 1 is 1.21 bits per heavy atom. The van der Waals surface area contributed by atoms with Crippen LogP contribution in [-0.4, -0.2) is 30.1 Å². The van der Waals surface area contributed by atoms with Crippen molar-refractivity contribution < 1.29 is 0 Å². The van der Waals surface area contributed by atoms with Gasteiger partial charge in [0.1, 0.15) is 0 Å². The number of hydrogen-bond acceptors (Lipinski definition) is 2. The first-order chi connectivity index (χ1) is 9.29. The summed E-state index contributed by atoms with van der Waals surface area (Å²) in [6.45, 7) is 4.70. The second-order valence-corrected chi connectivity index (χ2v) is 5.87. The molecule has 0 aliphatic carbocycles. The first-order valence-corrected chi connectivity index (χ1v) is 7.83. The molecule has 0 aromatic heterocycles. The van der Waals surface area contributed by atoms with E-state index < -0.39 is 0 Å². The standard InChI is InChI=1S/C17H28N2/c1-2-3-7-11-19-12-10-16(18)14-17(19)13-15-8-5-4-6-9-15/h4-6,8-9,16-17H,2-3,7,10-14,18H2,1H3. The Bertz CT molecular complexity index is 350. The molecule has 1 aromatic carbocycles. The van der Waals surface area contributed by atoms with Gasteiger partial charge in [-0.05, 0) is 44.3 Å². The van der Waals surface area contributed by atoms with E-state index in [-0.39, 0.29) is 0 Å². The lowest BCUT2D eigenvalue weighted by molar-refractivity contribution is 0.132. The number of rotatable bonds is 6. The molecule has 1 heterocycles. The fourth-order valence-corrected chi connectivity index (χ4v) is 3.09. The number of nitrogens with zero attached hydrogens (tertiary/aromatic N) is 1. The number of nitrogens with two attached hydrogens (primary N) is 1. The summed E-state index contributed by atoms with van der Waals surface area (Å²) in [4.78, 5) is 2.67. The zero-order valence-corrected chi connectivity index (χ0v) is 12.2. The molecule has 19 heavy (non-hydrogen) atoms. The van der Waals surface area contributed by atoms with Gasteiger partial charge in [0.2, 0.25) is 0 Å². The van der Waals surface area contributed by atoms with Crippen molar-refractivity contribution in [2.45, 2.75) is 57.5 Å². The second-order valence-electron chi connectivity index (χ2n) is 5.87. The molecule has 1 aliphatic rings. The highest BCUT2D eigenvalue weighted by molar-refractivity contribution is 5.16. The van der Waals surface area contributed by atoms with Gasteiger partial charge >= 0.3 is 0 Å². The van der Waals surface area contributed by atoms with Crippen molar-refractivity contribution >= 4 is 0 Å². The molecule has 2 unspecified atom stereocenters. The van der Waals surface area contributed by atoms with Crippen molar-refractivity contribution in [2.24, 2.45) is 5.73 Å². The van der Waals surface area contributed by atoms with Crippen LogP contribution in [0.25, 0.3) is 0 Å². The van der Waals surface area contributed by atoms with Crippen LogP contribution in [0.15, 0.2) is 30.3 Å². The summed E-state index contributed by atoms with van der Waals surface area (Å²) in [7, 11) is 0. The summed E-state index contributed by atoms with van der Waals surface area (Å²) in [5, 5.41) is 0. The van der Waals surface area contributed by atoms with Crippen molar-refractivity contribution in [2.75, 3.05) is 13.1 Å². The normalized spacial score (nSPS) is 24.5. The van der Waals surface area contributed by atoms with Crippen LogP contribution in [0.1, 0.15) is 44.6 Å². The first-order valence-electron chi connectivity index (χ1n) is 7.83. The average molecular weight is 260 g/mol. The SMILES string of the molecule is CCCCCN1CCC(N)CC1Cc1ccccc1. The molecular weight excluding hydrogens is 232 g/mol. The third kappa shape index (κ3) is 4.63. The molecular formula is C17H28N2. The number of benzene rings is 1. The van der Waals surface area contributed by atoms with Crippen LogP contribution in [-0.2, 0) is 6.42 Å². The monoisotopic (exact) mass is 260 g/mol. The van der Waals surface area contributed by atoms with Gasteiger partial charge in [-0.15, -0.1) is 0 Å². The Hall–Kier alpha value is -0.860. The van der Waals surface area contributed by atoms with Crippen molar-refractivity contribution in [3.63, 3.8) is 0 Å². The van der Waals surface area contributed by atoms with Gasteiger partial charge in [-0.25, -0.2) is 0 Å². The molecule has 0 bridgehead atoms. The van der Waals surface area contributed by atoms with E-state index in [1.807, 2.05) is 0 Å². The molecule has 1 fully saturated rings. The van der Waals surface area contributed by atoms with Crippen molar-refractivity contribution in [3.8, 4) is 0 Å². The van der Waals surface area contributed by atoms with Gasteiger partial charge in [0.15, 0.2) is 0 Å². The number of hydrogen-bond donors (Lipinski definition) is 1. The number of likely N-dealkylation sites (tertiary alicyclic amines) is 1. The van der Waals surface area contributed by atoms with Crippen LogP contribution in [0.4, 0.5) is 0 Å². The summed E-state index contributed by atoms with van der Waals surface area (Å²) in [6, 6.07) is 11.9. The third-order valence-corrected chi connectivity index (χ3v) is 4.24. The zero-order chi connectivity index (χ0) is 13.5. The summed E-state index contributed by atoms with van der Waals surface area (Å²) >= 11 is 0. The molecule has 2 atom stereocenters. The Kier molecular flexibility index (Phi) is 5.87. The fourth-order valence-electron chi connectivity index (χ4n) is 3.09. The molecule has 2 N–H and O–H groups in total. The Morgan fingerprint density at radius 3 is 2.74 bits per heavy atom. The lowest BCUT2D eigenvalue weighted by Crippen LogP contribution is -2.48. The van der Waals surface area contributed by atoms with Gasteiger partial charge in [0, 0.05) is 12.1 Å². The largest absolute Gasteiger partial charge is 0.328 e. The van der Waals surface area contributed by atoms with E-state index in [4.69, 9.17) is 5.73 Å². The van der Waals surface area contributed by atoms with Crippen LogP contribution >= 0.6 is 0 Å². The van der Waals surface area contributed by atoms with Crippen molar-refractivity contribution in [1.82, 2.24) is 4.90 Å². The average Bonchev–Trinajstić information content (AvgIpc) is 2.43. The molecule has 1 aromatic rings. The van der Waals surface area contributed by atoms with Gasteiger partial charge in [0.05, 0.1) is 0 Å². The molecule has 1 aliphatic heterocycles. The molecule has 106 valence electrons. The van der Waals surface area contributed by atoms with Crippen LogP contribution in [0, 0.1) is 0 Å². The second kappa shape index (κ2) is 7.66. The molecule has 0 spiro atoms. The summed E-state index contributed by atoms with van der Waals surface area (Å²) in [6.07, 6.45) is 7.45. The quantitative estimate of drug-likeness (QED) is 0.796. The lowest BCUT2D eigenvalue weighted by Gasteiger charge is -2.38. The summed E-state index contributed by atoms with van der Waals surface area (Å²) in [5.74, 6) is 0. The van der Waals surface area contributed by atoms with Gasteiger partial charge in [-0.2, -0.15) is 0 Å². The van der Waals surface area contributed by atoms with E-state index in [0.29, 0.717) is 12.1 Å². The van der Waals surface area contributed by atoms with Gasteiger partial charge in [0.25, 0.3) is 0 Å². The molecule has 0 radical (unpaired) electrons. The van der Waals surface area contributed by atoms with Gasteiger partial charge in [-0.1, -0.05) is 50.1 Å². The molecule has 2 rings (SSSR count). The van der Waals surface area contributed by atoms with Crippen LogP contribution in [0.2, 0.25) is 0 Å². The number of unbranched alkanes of at least 4 members (excludes halogenated alkanes) is 2. The molecule has 2 heteroatoms. The Morgan fingerprint density at radius 2 is 2.00 bits per heavy atom.